The van der Waals surface area contributed by atoms with Crippen LogP contribution in [0.5, 0.6) is 0 Å². The summed E-state index contributed by atoms with van der Waals surface area (Å²) < 4.78 is 0.912. The Morgan fingerprint density at radius 2 is 2.09 bits per heavy atom. The van der Waals surface area contributed by atoms with E-state index in [1.807, 2.05) is 6.07 Å². The molecule has 0 saturated carbocycles. The molecule has 3 aromatic rings. The van der Waals surface area contributed by atoms with Crippen molar-refractivity contribution in [1.29, 1.82) is 0 Å². The van der Waals surface area contributed by atoms with Crippen molar-refractivity contribution in [1.82, 2.24) is 24.8 Å². The molecule has 0 aliphatic carbocycles. The molecule has 1 aliphatic heterocycles. The number of pyridine rings is 2. The summed E-state index contributed by atoms with van der Waals surface area (Å²) in [4.78, 5) is 31.3. The van der Waals surface area contributed by atoms with Crippen LogP contribution in [0, 0.1) is 0 Å². The molecule has 0 N–H and O–H groups in total. The molecule has 0 saturated heterocycles. The number of amides is 1. The summed E-state index contributed by atoms with van der Waals surface area (Å²) in [7, 11) is 0. The fraction of sp³-hybridized carbons (Fsp3) is 0.188. The van der Waals surface area contributed by atoms with Crippen LogP contribution in [0.2, 0.25) is 0 Å². The van der Waals surface area contributed by atoms with E-state index < -0.39 is 0 Å². The first-order valence-corrected chi connectivity index (χ1v) is 7.99. The quantitative estimate of drug-likeness (QED) is 0.658. The molecule has 0 atom stereocenters. The smallest absolute Gasteiger partial charge is 0.274 e. The van der Waals surface area contributed by atoms with Crippen LogP contribution in [-0.2, 0) is 13.0 Å². The Kier molecular flexibility index (Phi) is 3.49. The second kappa shape index (κ2) is 5.66. The molecule has 0 radical (unpaired) electrons. The maximum atomic E-state index is 12.5. The maximum absolute atomic E-state index is 12.5. The highest BCUT2D eigenvalue weighted by Gasteiger charge is 2.24. The average molecular weight is 370 g/mol. The molecule has 4 heterocycles. The number of aromatic nitrogens is 4. The van der Waals surface area contributed by atoms with E-state index in [1.54, 1.807) is 17.3 Å². The third kappa shape index (κ3) is 2.68. The predicted octanol–water partition coefficient (Wildman–Crippen LogP) is 2.38. The second-order valence-corrected chi connectivity index (χ2v) is 6.28. The molecule has 6 nitrogen and oxygen atoms in total. The molecule has 0 unspecified atom stereocenters. The van der Waals surface area contributed by atoms with Gasteiger partial charge in [0.05, 0.1) is 6.20 Å². The number of hydrogen-bond acceptors (Lipinski definition) is 5. The van der Waals surface area contributed by atoms with Crippen molar-refractivity contribution in [2.75, 3.05) is 6.54 Å². The van der Waals surface area contributed by atoms with Crippen LogP contribution in [0.25, 0.3) is 11.0 Å². The zero-order chi connectivity index (χ0) is 15.8. The van der Waals surface area contributed by atoms with Gasteiger partial charge in [-0.05, 0) is 33.6 Å². The van der Waals surface area contributed by atoms with Gasteiger partial charge in [0.15, 0.2) is 5.65 Å². The molecule has 0 bridgehead atoms. The zero-order valence-electron chi connectivity index (χ0n) is 12.1. The Labute approximate surface area is 140 Å². The summed E-state index contributed by atoms with van der Waals surface area (Å²) in [6.45, 7) is 1.15. The van der Waals surface area contributed by atoms with Crippen LogP contribution in [-0.4, -0.2) is 37.3 Å². The molecule has 23 heavy (non-hydrogen) atoms. The molecular formula is C16H12BrN5O. The van der Waals surface area contributed by atoms with Gasteiger partial charge in [-0.1, -0.05) is 0 Å². The number of fused-ring (bicyclic) bond motifs is 2. The fourth-order valence-corrected chi connectivity index (χ4v) is 3.09. The Morgan fingerprint density at radius 1 is 1.17 bits per heavy atom. The normalized spacial score (nSPS) is 13.9. The van der Waals surface area contributed by atoms with Crippen LogP contribution in [0.1, 0.15) is 21.7 Å². The van der Waals surface area contributed by atoms with E-state index in [1.165, 1.54) is 12.4 Å². The first-order valence-electron chi connectivity index (χ1n) is 7.20. The minimum absolute atomic E-state index is 0.101. The SMILES string of the molecule is O=C(c1cnccn1)N1CCc2nc3ncc(Br)cc3cc2C1. The Morgan fingerprint density at radius 3 is 2.91 bits per heavy atom. The van der Waals surface area contributed by atoms with Crippen molar-refractivity contribution < 1.29 is 4.79 Å². The lowest BCUT2D eigenvalue weighted by molar-refractivity contribution is 0.0727. The largest absolute Gasteiger partial charge is 0.332 e. The van der Waals surface area contributed by atoms with Gasteiger partial charge in [0, 0.05) is 53.7 Å². The molecular weight excluding hydrogens is 358 g/mol. The Balaban J connectivity index is 1.67. The third-order valence-electron chi connectivity index (χ3n) is 3.85. The fourth-order valence-electron chi connectivity index (χ4n) is 2.74. The van der Waals surface area contributed by atoms with Crippen molar-refractivity contribution in [3.8, 4) is 0 Å². The van der Waals surface area contributed by atoms with Crippen molar-refractivity contribution in [2.45, 2.75) is 13.0 Å². The van der Waals surface area contributed by atoms with Crippen LogP contribution >= 0.6 is 15.9 Å². The molecule has 1 aliphatic rings. The van der Waals surface area contributed by atoms with Gasteiger partial charge < -0.3 is 4.90 Å². The summed E-state index contributed by atoms with van der Waals surface area (Å²) in [5, 5.41) is 0.965. The average Bonchev–Trinajstić information content (AvgIpc) is 2.59. The van der Waals surface area contributed by atoms with Gasteiger partial charge in [0.1, 0.15) is 5.69 Å². The van der Waals surface area contributed by atoms with Crippen molar-refractivity contribution >= 4 is 32.9 Å². The summed E-state index contributed by atoms with van der Waals surface area (Å²) in [6, 6.07) is 4.05. The molecule has 0 aromatic carbocycles. The molecule has 1 amide bonds. The summed E-state index contributed by atoms with van der Waals surface area (Å²) >= 11 is 3.42. The van der Waals surface area contributed by atoms with Crippen molar-refractivity contribution in [3.05, 3.63) is 58.3 Å². The van der Waals surface area contributed by atoms with E-state index in [0.717, 1.165) is 33.2 Å². The number of hydrogen-bond donors (Lipinski definition) is 0. The van der Waals surface area contributed by atoms with Crippen molar-refractivity contribution in [2.24, 2.45) is 0 Å². The molecule has 4 rings (SSSR count). The van der Waals surface area contributed by atoms with Gasteiger partial charge in [0.25, 0.3) is 5.91 Å². The lowest BCUT2D eigenvalue weighted by Crippen LogP contribution is -2.36. The van der Waals surface area contributed by atoms with E-state index in [4.69, 9.17) is 0 Å². The lowest BCUT2D eigenvalue weighted by atomic mass is 10.0. The number of rotatable bonds is 1. The highest BCUT2D eigenvalue weighted by Crippen LogP contribution is 2.24. The standard InChI is InChI=1S/C16H12BrN5O/c17-12-6-10-5-11-9-22(16(23)14-8-18-2-3-19-14)4-1-13(11)21-15(10)20-7-12/h2-3,5-8H,1,4,9H2. The minimum Gasteiger partial charge on any atom is -0.332 e. The first-order chi connectivity index (χ1) is 11.2. The molecule has 3 aromatic heterocycles. The topological polar surface area (TPSA) is 71.9 Å². The van der Waals surface area contributed by atoms with E-state index in [0.29, 0.717) is 18.8 Å². The van der Waals surface area contributed by atoms with E-state index in [2.05, 4.69) is 41.9 Å². The van der Waals surface area contributed by atoms with Gasteiger partial charge in [-0.3, -0.25) is 9.78 Å². The van der Waals surface area contributed by atoms with Gasteiger partial charge in [-0.25, -0.2) is 15.0 Å². The predicted molar refractivity (Wildman–Crippen MR) is 87.7 cm³/mol. The van der Waals surface area contributed by atoms with Gasteiger partial charge >= 0.3 is 0 Å². The zero-order valence-corrected chi connectivity index (χ0v) is 13.7. The molecule has 114 valence electrons. The van der Waals surface area contributed by atoms with Gasteiger partial charge in [0.2, 0.25) is 0 Å². The van der Waals surface area contributed by atoms with Crippen molar-refractivity contribution in [3.63, 3.8) is 0 Å². The minimum atomic E-state index is -0.101. The van der Waals surface area contributed by atoms with E-state index in [-0.39, 0.29) is 5.91 Å². The Hall–Kier alpha value is -2.41. The van der Waals surface area contributed by atoms with Crippen LogP contribution in [0.15, 0.2) is 41.4 Å². The first kappa shape index (κ1) is 14.2. The summed E-state index contributed by atoms with van der Waals surface area (Å²) in [6.07, 6.45) is 7.05. The summed E-state index contributed by atoms with van der Waals surface area (Å²) in [5.74, 6) is -0.101. The number of nitrogens with zero attached hydrogens (tertiary/aromatic N) is 5. The third-order valence-corrected chi connectivity index (χ3v) is 4.29. The maximum Gasteiger partial charge on any atom is 0.274 e. The highest BCUT2D eigenvalue weighted by molar-refractivity contribution is 9.10. The molecule has 0 spiro atoms. The van der Waals surface area contributed by atoms with Crippen LogP contribution < -0.4 is 0 Å². The number of carbonyl (C=O) groups is 1. The van der Waals surface area contributed by atoms with Gasteiger partial charge in [-0.15, -0.1) is 0 Å². The molecule has 0 fully saturated rings. The monoisotopic (exact) mass is 369 g/mol. The molecule has 7 heteroatoms. The lowest BCUT2D eigenvalue weighted by Gasteiger charge is -2.28. The van der Waals surface area contributed by atoms with Crippen LogP contribution in [0.3, 0.4) is 0 Å². The highest BCUT2D eigenvalue weighted by atomic mass is 79.9. The Bertz CT molecular complexity index is 900. The van der Waals surface area contributed by atoms with E-state index in [9.17, 15) is 4.79 Å². The van der Waals surface area contributed by atoms with E-state index >= 15 is 0 Å². The van der Waals surface area contributed by atoms with Crippen LogP contribution in [0.4, 0.5) is 0 Å². The number of carbonyl (C=O) groups excluding carboxylic acids is 1. The second-order valence-electron chi connectivity index (χ2n) is 5.36. The summed E-state index contributed by atoms with van der Waals surface area (Å²) in [5.41, 5.74) is 3.17. The number of halogens is 1. The van der Waals surface area contributed by atoms with Gasteiger partial charge in [-0.2, -0.15) is 0 Å².